The van der Waals surface area contributed by atoms with Crippen molar-refractivity contribution in [3.63, 3.8) is 0 Å². The minimum absolute atomic E-state index is 0.0516. The second-order valence-corrected chi connectivity index (χ2v) is 5.55. The van der Waals surface area contributed by atoms with E-state index in [1.54, 1.807) is 0 Å². The molecule has 0 amide bonds. The van der Waals surface area contributed by atoms with Crippen LogP contribution in [-0.2, 0) is 6.18 Å². The van der Waals surface area contributed by atoms with Crippen LogP contribution in [0.4, 0.5) is 32.3 Å². The summed E-state index contributed by atoms with van der Waals surface area (Å²) in [5.41, 5.74) is -5.61. The van der Waals surface area contributed by atoms with Crippen molar-refractivity contribution < 1.29 is 35.9 Å². The number of aliphatic hydroxyl groups is 1. The van der Waals surface area contributed by atoms with Crippen molar-refractivity contribution in [3.05, 3.63) is 30.2 Å². The largest absolute Gasteiger partial charge is 0.463 e. The van der Waals surface area contributed by atoms with Gasteiger partial charge in [-0.2, -0.15) is 36.5 Å². The normalized spacial score (nSPS) is 21.2. The zero-order chi connectivity index (χ0) is 19.3. The molecule has 3 rings (SSSR count). The lowest BCUT2D eigenvalue weighted by atomic mass is 10.1. The molecule has 0 bridgehead atoms. The number of hydrogen-bond donors (Lipinski definition) is 1. The lowest BCUT2D eigenvalue weighted by molar-refractivity contribution is -0.254. The summed E-state index contributed by atoms with van der Waals surface area (Å²) in [6.07, 6.45) is -9.97. The Morgan fingerprint density at radius 2 is 1.88 bits per heavy atom. The van der Waals surface area contributed by atoms with Gasteiger partial charge in [0.1, 0.15) is 5.69 Å². The fourth-order valence-corrected chi connectivity index (χ4v) is 2.38. The minimum Gasteiger partial charge on any atom is -0.463 e. The molecule has 1 aliphatic heterocycles. The molecular formula is C14H10F6N4O2. The van der Waals surface area contributed by atoms with Gasteiger partial charge in [-0.1, -0.05) is 0 Å². The van der Waals surface area contributed by atoms with Gasteiger partial charge in [-0.05, 0) is 25.1 Å². The van der Waals surface area contributed by atoms with Gasteiger partial charge in [0.25, 0.3) is 5.72 Å². The number of hydrogen-bond acceptors (Lipinski definition) is 6. The number of alkyl halides is 6. The number of furan rings is 1. The van der Waals surface area contributed by atoms with E-state index in [1.165, 1.54) is 19.1 Å². The average molecular weight is 380 g/mol. The van der Waals surface area contributed by atoms with Gasteiger partial charge in [0.2, 0.25) is 5.95 Å². The average Bonchev–Trinajstić information content (AvgIpc) is 3.13. The molecule has 0 aromatic carbocycles. The summed E-state index contributed by atoms with van der Waals surface area (Å²) in [6.45, 7) is 1.19. The van der Waals surface area contributed by atoms with Gasteiger partial charge in [-0.15, -0.1) is 0 Å². The van der Waals surface area contributed by atoms with E-state index in [1.807, 2.05) is 0 Å². The Hall–Kier alpha value is -2.63. The maximum Gasteiger partial charge on any atom is 0.438 e. The van der Waals surface area contributed by atoms with Gasteiger partial charge in [0, 0.05) is 12.1 Å². The fraction of sp³-hybridized carbons (Fsp3) is 0.357. The van der Waals surface area contributed by atoms with E-state index in [-0.39, 0.29) is 16.5 Å². The molecule has 0 saturated heterocycles. The van der Waals surface area contributed by atoms with Crippen LogP contribution in [0, 0.1) is 0 Å². The van der Waals surface area contributed by atoms with Crippen molar-refractivity contribution in [1.29, 1.82) is 0 Å². The summed E-state index contributed by atoms with van der Waals surface area (Å²) < 4.78 is 84.2. The third kappa shape index (κ3) is 3.00. The monoisotopic (exact) mass is 380 g/mol. The van der Waals surface area contributed by atoms with Crippen LogP contribution in [-0.4, -0.2) is 32.7 Å². The van der Waals surface area contributed by atoms with Gasteiger partial charge < -0.3 is 9.52 Å². The van der Waals surface area contributed by atoms with Crippen LogP contribution in [0.1, 0.15) is 19.0 Å². The van der Waals surface area contributed by atoms with Crippen LogP contribution in [0.25, 0.3) is 11.5 Å². The summed E-state index contributed by atoms with van der Waals surface area (Å²) in [4.78, 5) is 6.79. The van der Waals surface area contributed by atoms with Crippen LogP contribution in [0.15, 0.2) is 34.0 Å². The van der Waals surface area contributed by atoms with Crippen molar-refractivity contribution in [3.8, 4) is 11.5 Å². The molecule has 0 aliphatic carbocycles. The summed E-state index contributed by atoms with van der Waals surface area (Å²) in [7, 11) is 0. The first-order valence-electron chi connectivity index (χ1n) is 7.05. The van der Waals surface area contributed by atoms with E-state index in [2.05, 4.69) is 15.1 Å². The predicted octanol–water partition coefficient (Wildman–Crippen LogP) is 3.59. The van der Waals surface area contributed by atoms with Gasteiger partial charge in [0.15, 0.2) is 11.5 Å². The first-order chi connectivity index (χ1) is 11.9. The fourth-order valence-electron chi connectivity index (χ4n) is 2.38. The number of aromatic nitrogens is 2. The van der Waals surface area contributed by atoms with Crippen molar-refractivity contribution in [2.24, 2.45) is 5.10 Å². The van der Waals surface area contributed by atoms with Crippen LogP contribution in [0.2, 0.25) is 0 Å². The number of halogens is 6. The van der Waals surface area contributed by atoms with Crippen molar-refractivity contribution in [1.82, 2.24) is 9.97 Å². The van der Waals surface area contributed by atoms with Crippen LogP contribution < -0.4 is 5.01 Å². The SMILES string of the molecule is CC1=NN(c2nc(-c3ccco3)cc(C(F)(F)F)n2)C(O)(C(F)(F)F)C1. The first kappa shape index (κ1) is 18.2. The maximum absolute atomic E-state index is 13.3. The molecule has 26 heavy (non-hydrogen) atoms. The standard InChI is InChI=1S/C14H10F6N4O2/c1-7-6-12(25,14(18,19)20)24(23-7)11-21-8(9-3-2-4-26-9)5-10(22-11)13(15,16)17/h2-5,25H,6H2,1H3. The molecule has 2 aromatic rings. The summed E-state index contributed by atoms with van der Waals surface area (Å²) in [6, 6.07) is 3.18. The molecule has 0 radical (unpaired) electrons. The van der Waals surface area contributed by atoms with Gasteiger partial charge in [-0.3, -0.25) is 0 Å². The van der Waals surface area contributed by atoms with E-state index in [0.29, 0.717) is 6.07 Å². The van der Waals surface area contributed by atoms with E-state index in [0.717, 1.165) is 6.26 Å². The zero-order valence-electron chi connectivity index (χ0n) is 12.9. The molecule has 3 heterocycles. The number of anilines is 1. The Morgan fingerprint density at radius 1 is 1.19 bits per heavy atom. The van der Waals surface area contributed by atoms with E-state index < -0.39 is 41.8 Å². The molecule has 2 aromatic heterocycles. The van der Waals surface area contributed by atoms with Crippen molar-refractivity contribution in [2.45, 2.75) is 31.4 Å². The predicted molar refractivity (Wildman–Crippen MR) is 75.9 cm³/mol. The van der Waals surface area contributed by atoms with Gasteiger partial charge in [-0.25, -0.2) is 9.97 Å². The van der Waals surface area contributed by atoms with E-state index in [4.69, 9.17) is 4.42 Å². The smallest absolute Gasteiger partial charge is 0.438 e. The number of hydrazone groups is 1. The quantitative estimate of drug-likeness (QED) is 0.806. The van der Waals surface area contributed by atoms with Gasteiger partial charge in [0.05, 0.1) is 6.26 Å². The number of rotatable bonds is 2. The highest BCUT2D eigenvalue weighted by Crippen LogP contribution is 2.42. The molecule has 0 spiro atoms. The highest BCUT2D eigenvalue weighted by atomic mass is 19.4. The Bertz CT molecular complexity index is 846. The zero-order valence-corrected chi connectivity index (χ0v) is 12.9. The molecule has 1 atom stereocenters. The molecule has 1 aliphatic rings. The molecule has 0 fully saturated rings. The Labute approximate surface area is 141 Å². The Morgan fingerprint density at radius 3 is 2.42 bits per heavy atom. The summed E-state index contributed by atoms with van der Waals surface area (Å²) in [5.74, 6) is -1.17. The van der Waals surface area contributed by atoms with Crippen LogP contribution >= 0.6 is 0 Å². The van der Waals surface area contributed by atoms with E-state index >= 15 is 0 Å². The molecule has 12 heteroatoms. The summed E-state index contributed by atoms with van der Waals surface area (Å²) >= 11 is 0. The minimum atomic E-state index is -5.21. The molecular weight excluding hydrogens is 370 g/mol. The Kier molecular flexibility index (Phi) is 3.98. The van der Waals surface area contributed by atoms with Crippen molar-refractivity contribution >= 4 is 11.7 Å². The molecule has 6 nitrogen and oxygen atoms in total. The van der Waals surface area contributed by atoms with Crippen molar-refractivity contribution in [2.75, 3.05) is 5.01 Å². The first-order valence-corrected chi connectivity index (χ1v) is 7.05. The second-order valence-electron chi connectivity index (χ2n) is 5.55. The number of nitrogens with zero attached hydrogens (tertiary/aromatic N) is 4. The maximum atomic E-state index is 13.3. The molecule has 1 N–H and O–H groups in total. The van der Waals surface area contributed by atoms with Gasteiger partial charge >= 0.3 is 12.4 Å². The van der Waals surface area contributed by atoms with Crippen LogP contribution in [0.5, 0.6) is 0 Å². The molecule has 0 saturated carbocycles. The Balaban J connectivity index is 2.19. The third-order valence-corrected chi connectivity index (χ3v) is 3.55. The molecule has 1 unspecified atom stereocenters. The topological polar surface area (TPSA) is 74.8 Å². The van der Waals surface area contributed by atoms with E-state index in [9.17, 15) is 31.4 Å². The van der Waals surface area contributed by atoms with Crippen LogP contribution in [0.3, 0.4) is 0 Å². The molecule has 140 valence electrons. The highest BCUT2D eigenvalue weighted by Gasteiger charge is 2.62. The summed E-state index contributed by atoms with van der Waals surface area (Å²) in [5, 5.41) is 13.5. The lowest BCUT2D eigenvalue weighted by Gasteiger charge is -2.32. The highest BCUT2D eigenvalue weighted by molar-refractivity contribution is 5.87. The second kappa shape index (κ2) is 5.69. The third-order valence-electron chi connectivity index (χ3n) is 3.55. The lowest BCUT2D eigenvalue weighted by Crippen LogP contribution is -2.55.